The van der Waals surface area contributed by atoms with Crippen molar-refractivity contribution in [1.29, 1.82) is 0 Å². The summed E-state index contributed by atoms with van der Waals surface area (Å²) in [5.74, 6) is 0.406. The quantitative estimate of drug-likeness (QED) is 0.868. The van der Waals surface area contributed by atoms with Crippen molar-refractivity contribution in [2.75, 3.05) is 0 Å². The van der Waals surface area contributed by atoms with Crippen LogP contribution in [0, 0.1) is 5.92 Å². The molecule has 18 heavy (non-hydrogen) atoms. The summed E-state index contributed by atoms with van der Waals surface area (Å²) >= 11 is 0. The van der Waals surface area contributed by atoms with Crippen molar-refractivity contribution in [3.63, 3.8) is 0 Å². The van der Waals surface area contributed by atoms with Gasteiger partial charge in [0.2, 0.25) is 5.91 Å². The highest BCUT2D eigenvalue weighted by Gasteiger charge is 2.19. The molecule has 1 atom stereocenters. The first kappa shape index (κ1) is 14.7. The van der Waals surface area contributed by atoms with Crippen LogP contribution in [0.2, 0.25) is 0 Å². The highest BCUT2D eigenvalue weighted by atomic mass is 16.1. The van der Waals surface area contributed by atoms with E-state index in [9.17, 15) is 4.79 Å². The summed E-state index contributed by atoms with van der Waals surface area (Å²) in [6.07, 6.45) is 0.423. The fraction of sp³-hybridized carbons (Fsp3) is 0.562. The molecule has 0 spiro atoms. The topological polar surface area (TPSA) is 43.1 Å². The molecule has 0 aromatic heterocycles. The Morgan fingerprint density at radius 3 is 2.00 bits per heavy atom. The molecule has 1 aromatic carbocycles. The molecular weight excluding hydrogens is 222 g/mol. The van der Waals surface area contributed by atoms with Crippen LogP contribution in [0.1, 0.15) is 58.1 Å². The molecule has 0 radical (unpaired) electrons. The maximum Gasteiger partial charge on any atom is 0.218 e. The minimum absolute atomic E-state index is 0.162. The van der Waals surface area contributed by atoms with Gasteiger partial charge in [-0.25, -0.2) is 0 Å². The zero-order valence-electron chi connectivity index (χ0n) is 12.2. The van der Waals surface area contributed by atoms with Crippen molar-refractivity contribution in [2.24, 2.45) is 11.7 Å². The predicted molar refractivity (Wildman–Crippen MR) is 76.5 cm³/mol. The smallest absolute Gasteiger partial charge is 0.218 e. The van der Waals surface area contributed by atoms with E-state index in [0.717, 1.165) is 0 Å². The third-order valence-corrected chi connectivity index (χ3v) is 3.43. The lowest BCUT2D eigenvalue weighted by molar-refractivity contribution is -0.118. The zero-order chi connectivity index (χ0) is 13.9. The van der Waals surface area contributed by atoms with Crippen molar-refractivity contribution in [3.05, 3.63) is 35.4 Å². The number of amides is 1. The average Bonchev–Trinajstić information content (AvgIpc) is 2.24. The van der Waals surface area contributed by atoms with Gasteiger partial charge in [0.25, 0.3) is 0 Å². The van der Waals surface area contributed by atoms with E-state index in [4.69, 9.17) is 5.73 Å². The molecule has 0 fully saturated rings. The van der Waals surface area contributed by atoms with Gasteiger partial charge >= 0.3 is 0 Å². The number of hydrogen-bond donors (Lipinski definition) is 1. The first-order valence-electron chi connectivity index (χ1n) is 6.60. The van der Waals surface area contributed by atoms with Crippen LogP contribution in [-0.4, -0.2) is 5.91 Å². The second-order valence-corrected chi connectivity index (χ2v) is 6.39. The fourth-order valence-corrected chi connectivity index (χ4v) is 2.19. The summed E-state index contributed by atoms with van der Waals surface area (Å²) in [5, 5.41) is 0. The lowest BCUT2D eigenvalue weighted by Crippen LogP contribution is -2.19. The second-order valence-electron chi connectivity index (χ2n) is 6.39. The van der Waals surface area contributed by atoms with Gasteiger partial charge in [-0.1, -0.05) is 58.9 Å². The Morgan fingerprint density at radius 2 is 1.67 bits per heavy atom. The van der Waals surface area contributed by atoms with Crippen molar-refractivity contribution in [3.8, 4) is 0 Å². The fourth-order valence-electron chi connectivity index (χ4n) is 2.19. The van der Waals surface area contributed by atoms with Gasteiger partial charge in [0, 0.05) is 6.42 Å². The molecular formula is C16H25NO. The number of nitrogens with two attached hydrogens (primary N) is 1. The highest BCUT2D eigenvalue weighted by Crippen LogP contribution is 2.30. The van der Waals surface area contributed by atoms with Gasteiger partial charge in [0.05, 0.1) is 0 Å². The van der Waals surface area contributed by atoms with Gasteiger partial charge in [-0.2, -0.15) is 0 Å². The summed E-state index contributed by atoms with van der Waals surface area (Å²) < 4.78 is 0. The SMILES string of the molecule is CC(C)C(CC(N)=O)c1ccc(C(C)(C)C)cc1. The van der Waals surface area contributed by atoms with E-state index in [1.807, 2.05) is 0 Å². The third kappa shape index (κ3) is 3.86. The van der Waals surface area contributed by atoms with E-state index in [2.05, 4.69) is 58.9 Å². The van der Waals surface area contributed by atoms with E-state index in [-0.39, 0.29) is 17.2 Å². The zero-order valence-corrected chi connectivity index (χ0v) is 12.2. The summed E-state index contributed by atoms with van der Waals surface area (Å²) in [7, 11) is 0. The van der Waals surface area contributed by atoms with E-state index in [1.165, 1.54) is 11.1 Å². The molecule has 1 aromatic rings. The molecule has 0 saturated heterocycles. The van der Waals surface area contributed by atoms with E-state index < -0.39 is 0 Å². The molecule has 0 bridgehead atoms. The molecule has 1 rings (SSSR count). The highest BCUT2D eigenvalue weighted by molar-refractivity contribution is 5.74. The minimum atomic E-state index is -0.228. The Balaban J connectivity index is 2.97. The Kier molecular flexibility index (Phi) is 4.55. The van der Waals surface area contributed by atoms with Crippen LogP contribution in [0.5, 0.6) is 0 Å². The average molecular weight is 247 g/mol. The molecule has 1 amide bonds. The first-order valence-corrected chi connectivity index (χ1v) is 6.60. The predicted octanol–water partition coefficient (Wildman–Crippen LogP) is 3.60. The molecule has 100 valence electrons. The lowest BCUT2D eigenvalue weighted by atomic mass is 9.82. The van der Waals surface area contributed by atoms with Gasteiger partial charge < -0.3 is 5.73 Å². The summed E-state index contributed by atoms with van der Waals surface area (Å²) in [4.78, 5) is 11.1. The molecule has 0 saturated carbocycles. The number of carbonyl (C=O) groups excluding carboxylic acids is 1. The second kappa shape index (κ2) is 5.55. The number of hydrogen-bond acceptors (Lipinski definition) is 1. The maximum atomic E-state index is 11.1. The number of rotatable bonds is 4. The minimum Gasteiger partial charge on any atom is -0.370 e. The normalized spacial score (nSPS) is 13.7. The van der Waals surface area contributed by atoms with Crippen LogP contribution in [0.3, 0.4) is 0 Å². The molecule has 2 N–H and O–H groups in total. The van der Waals surface area contributed by atoms with Crippen molar-refractivity contribution < 1.29 is 4.79 Å². The van der Waals surface area contributed by atoms with Gasteiger partial charge in [-0.3, -0.25) is 4.79 Å². The van der Waals surface area contributed by atoms with Gasteiger partial charge in [0.15, 0.2) is 0 Å². The molecule has 0 aliphatic heterocycles. The van der Waals surface area contributed by atoms with Crippen molar-refractivity contribution >= 4 is 5.91 Å². The van der Waals surface area contributed by atoms with Crippen molar-refractivity contribution in [1.82, 2.24) is 0 Å². The van der Waals surface area contributed by atoms with Crippen LogP contribution in [-0.2, 0) is 10.2 Å². The summed E-state index contributed by atoms with van der Waals surface area (Å²) in [6, 6.07) is 8.58. The first-order chi connectivity index (χ1) is 8.21. The molecule has 2 nitrogen and oxygen atoms in total. The Bertz CT molecular complexity index is 398. The van der Waals surface area contributed by atoms with E-state index >= 15 is 0 Å². The van der Waals surface area contributed by atoms with Gasteiger partial charge in [0.1, 0.15) is 0 Å². The van der Waals surface area contributed by atoms with Crippen LogP contribution in [0.4, 0.5) is 0 Å². The van der Waals surface area contributed by atoms with E-state index in [0.29, 0.717) is 12.3 Å². The van der Waals surface area contributed by atoms with E-state index in [1.54, 1.807) is 0 Å². The van der Waals surface area contributed by atoms with Crippen molar-refractivity contribution in [2.45, 2.75) is 52.4 Å². The monoisotopic (exact) mass is 247 g/mol. The van der Waals surface area contributed by atoms with Crippen LogP contribution < -0.4 is 5.73 Å². The molecule has 0 aliphatic rings. The molecule has 0 heterocycles. The third-order valence-electron chi connectivity index (χ3n) is 3.43. The molecule has 0 aliphatic carbocycles. The maximum absolute atomic E-state index is 11.1. The standard InChI is InChI=1S/C16H25NO/c1-11(2)14(10-15(17)18)12-6-8-13(9-7-12)16(3,4)5/h6-9,11,14H,10H2,1-5H3,(H2,17,18). The Morgan fingerprint density at radius 1 is 1.17 bits per heavy atom. The number of benzene rings is 1. The largest absolute Gasteiger partial charge is 0.370 e. The van der Waals surface area contributed by atoms with Crippen LogP contribution in [0.15, 0.2) is 24.3 Å². The molecule has 2 heteroatoms. The van der Waals surface area contributed by atoms with Crippen LogP contribution in [0.25, 0.3) is 0 Å². The van der Waals surface area contributed by atoms with Crippen LogP contribution >= 0.6 is 0 Å². The van der Waals surface area contributed by atoms with Gasteiger partial charge in [-0.05, 0) is 28.4 Å². The molecule has 1 unspecified atom stereocenters. The number of primary amides is 1. The lowest BCUT2D eigenvalue weighted by Gasteiger charge is -2.23. The summed E-state index contributed by atoms with van der Waals surface area (Å²) in [5.41, 5.74) is 8.01. The Hall–Kier alpha value is -1.31. The Labute approximate surface area is 111 Å². The number of carbonyl (C=O) groups is 1. The van der Waals surface area contributed by atoms with Gasteiger partial charge in [-0.15, -0.1) is 0 Å². The summed E-state index contributed by atoms with van der Waals surface area (Å²) in [6.45, 7) is 10.9.